The Bertz CT molecular complexity index is 652. The molecule has 1 amide bonds. The van der Waals surface area contributed by atoms with Crippen molar-refractivity contribution in [3.63, 3.8) is 0 Å². The summed E-state index contributed by atoms with van der Waals surface area (Å²) in [6.45, 7) is 0. The van der Waals surface area contributed by atoms with Gasteiger partial charge in [0, 0.05) is 16.4 Å². The number of alkyl halides is 3. The normalized spacial score (nSPS) is 11.4. The second kappa shape index (κ2) is 5.20. The predicted molar refractivity (Wildman–Crippen MR) is 72.3 cm³/mol. The van der Waals surface area contributed by atoms with E-state index in [2.05, 4.69) is 26.2 Å². The number of nitrogens with two attached hydrogens (primary N) is 1. The van der Waals surface area contributed by atoms with E-state index in [-0.39, 0.29) is 15.9 Å². The number of hydrogen-bond donors (Lipinski definition) is 3. The molecule has 0 aliphatic rings. The largest absolute Gasteiger partial charge is 0.418 e. The summed E-state index contributed by atoms with van der Waals surface area (Å²) in [6.07, 6.45) is -3.19. The molecule has 2 aromatic rings. The number of halogens is 4. The molecular weight excluding hydrogens is 339 g/mol. The van der Waals surface area contributed by atoms with Crippen LogP contribution in [0, 0.1) is 0 Å². The number of hydrogen-bond acceptors (Lipinski definition) is 2. The van der Waals surface area contributed by atoms with E-state index in [0.29, 0.717) is 5.69 Å². The Morgan fingerprint density at radius 3 is 2.55 bits per heavy atom. The molecule has 8 heteroatoms. The molecule has 20 heavy (non-hydrogen) atoms. The zero-order chi connectivity index (χ0) is 14.9. The average molecular weight is 348 g/mol. The fourth-order valence-corrected chi connectivity index (χ4v) is 1.95. The zero-order valence-corrected chi connectivity index (χ0v) is 11.5. The van der Waals surface area contributed by atoms with E-state index in [1.54, 1.807) is 0 Å². The van der Waals surface area contributed by atoms with Crippen molar-refractivity contribution in [2.24, 2.45) is 0 Å². The van der Waals surface area contributed by atoms with E-state index in [1.807, 2.05) is 0 Å². The fourth-order valence-electron chi connectivity index (χ4n) is 1.59. The van der Waals surface area contributed by atoms with Crippen LogP contribution in [0.2, 0.25) is 0 Å². The number of benzene rings is 1. The molecule has 1 aromatic heterocycles. The summed E-state index contributed by atoms with van der Waals surface area (Å²) in [7, 11) is 0. The number of anilines is 2. The zero-order valence-electron chi connectivity index (χ0n) is 9.88. The van der Waals surface area contributed by atoms with Gasteiger partial charge in [-0.25, -0.2) is 0 Å². The van der Waals surface area contributed by atoms with Gasteiger partial charge in [-0.15, -0.1) is 0 Å². The molecule has 0 aliphatic carbocycles. The van der Waals surface area contributed by atoms with Crippen molar-refractivity contribution in [3.05, 3.63) is 46.2 Å². The maximum Gasteiger partial charge on any atom is 0.418 e. The minimum absolute atomic E-state index is 0.0820. The minimum atomic E-state index is -4.57. The second-order valence-corrected chi connectivity index (χ2v) is 4.90. The van der Waals surface area contributed by atoms with E-state index in [1.165, 1.54) is 24.4 Å². The van der Waals surface area contributed by atoms with E-state index in [4.69, 9.17) is 5.73 Å². The standard InChI is InChI=1S/C12H9BrF3N3O/c13-6-1-2-9(8(3-6)12(14,15)16)19-11(20)10-4-7(17)5-18-10/h1-5,18H,17H2,(H,19,20). The van der Waals surface area contributed by atoms with Crippen LogP contribution >= 0.6 is 15.9 Å². The lowest BCUT2D eigenvalue weighted by Gasteiger charge is -2.13. The van der Waals surface area contributed by atoms with Gasteiger partial charge < -0.3 is 16.0 Å². The quantitative estimate of drug-likeness (QED) is 0.776. The van der Waals surface area contributed by atoms with E-state index < -0.39 is 17.6 Å². The van der Waals surface area contributed by atoms with Gasteiger partial charge in [-0.05, 0) is 24.3 Å². The molecular formula is C12H9BrF3N3O. The second-order valence-electron chi connectivity index (χ2n) is 3.99. The average Bonchev–Trinajstić information content (AvgIpc) is 2.77. The highest BCUT2D eigenvalue weighted by molar-refractivity contribution is 9.10. The maximum absolute atomic E-state index is 12.9. The third-order valence-corrected chi connectivity index (χ3v) is 2.98. The van der Waals surface area contributed by atoms with Crippen LogP contribution in [0.5, 0.6) is 0 Å². The lowest BCUT2D eigenvalue weighted by Crippen LogP contribution is -2.17. The molecule has 0 saturated heterocycles. The summed E-state index contributed by atoms with van der Waals surface area (Å²) in [6, 6.07) is 4.82. The van der Waals surface area contributed by atoms with Crippen LogP contribution in [0.4, 0.5) is 24.5 Å². The molecule has 0 spiro atoms. The van der Waals surface area contributed by atoms with Crippen molar-refractivity contribution in [2.45, 2.75) is 6.18 Å². The van der Waals surface area contributed by atoms with Crippen molar-refractivity contribution in [2.75, 3.05) is 11.1 Å². The molecule has 4 N–H and O–H groups in total. The Kier molecular flexibility index (Phi) is 3.76. The number of nitrogens with one attached hydrogen (secondary N) is 2. The van der Waals surface area contributed by atoms with Crippen molar-refractivity contribution >= 4 is 33.2 Å². The number of amides is 1. The monoisotopic (exact) mass is 347 g/mol. The van der Waals surface area contributed by atoms with E-state index in [0.717, 1.165) is 6.07 Å². The predicted octanol–water partition coefficient (Wildman–Crippen LogP) is 3.63. The number of aromatic nitrogens is 1. The molecule has 0 atom stereocenters. The lowest BCUT2D eigenvalue weighted by atomic mass is 10.1. The molecule has 0 fully saturated rings. The number of carbonyl (C=O) groups is 1. The Morgan fingerprint density at radius 1 is 1.30 bits per heavy atom. The molecule has 0 bridgehead atoms. The first kappa shape index (κ1) is 14.4. The van der Waals surface area contributed by atoms with Crippen molar-refractivity contribution in [1.29, 1.82) is 0 Å². The Labute approximate surface area is 120 Å². The van der Waals surface area contributed by atoms with Crippen LogP contribution in [-0.2, 0) is 6.18 Å². The first-order chi connectivity index (χ1) is 9.27. The third-order valence-electron chi connectivity index (χ3n) is 2.49. The SMILES string of the molecule is Nc1c[nH]c(C(=O)Nc2ccc(Br)cc2C(F)(F)F)c1. The number of nitrogen functional groups attached to an aromatic ring is 1. The Hall–Kier alpha value is -1.96. The topological polar surface area (TPSA) is 70.9 Å². The minimum Gasteiger partial charge on any atom is -0.397 e. The van der Waals surface area contributed by atoms with Gasteiger partial charge in [-0.1, -0.05) is 15.9 Å². The summed E-state index contributed by atoms with van der Waals surface area (Å²) < 4.78 is 38.9. The summed E-state index contributed by atoms with van der Waals surface area (Å²) in [5.74, 6) is -0.700. The first-order valence-corrected chi connectivity index (χ1v) is 6.18. The van der Waals surface area contributed by atoms with Crippen molar-refractivity contribution in [1.82, 2.24) is 4.98 Å². The van der Waals surface area contributed by atoms with Crippen LogP contribution in [0.25, 0.3) is 0 Å². The van der Waals surface area contributed by atoms with Crippen LogP contribution in [-0.4, -0.2) is 10.9 Å². The van der Waals surface area contributed by atoms with Crippen LogP contribution < -0.4 is 11.1 Å². The fraction of sp³-hybridized carbons (Fsp3) is 0.0833. The molecule has 0 saturated carbocycles. The van der Waals surface area contributed by atoms with Gasteiger partial charge in [0.25, 0.3) is 5.91 Å². The maximum atomic E-state index is 12.9. The number of carbonyl (C=O) groups excluding carboxylic acids is 1. The van der Waals surface area contributed by atoms with Gasteiger partial charge >= 0.3 is 6.18 Å². The van der Waals surface area contributed by atoms with Gasteiger partial charge in [0.2, 0.25) is 0 Å². The third kappa shape index (κ3) is 3.13. The molecule has 0 radical (unpaired) electrons. The van der Waals surface area contributed by atoms with E-state index >= 15 is 0 Å². The lowest BCUT2D eigenvalue weighted by molar-refractivity contribution is -0.136. The molecule has 0 unspecified atom stereocenters. The van der Waals surface area contributed by atoms with Gasteiger partial charge in [-0.2, -0.15) is 13.2 Å². The van der Waals surface area contributed by atoms with Gasteiger partial charge in [-0.3, -0.25) is 4.79 Å². The highest BCUT2D eigenvalue weighted by Crippen LogP contribution is 2.36. The summed E-state index contributed by atoms with van der Waals surface area (Å²) in [5.41, 5.74) is 4.58. The highest BCUT2D eigenvalue weighted by atomic mass is 79.9. The Balaban J connectivity index is 2.32. The molecule has 106 valence electrons. The molecule has 1 aromatic carbocycles. The smallest absolute Gasteiger partial charge is 0.397 e. The molecule has 1 heterocycles. The number of rotatable bonds is 2. The first-order valence-electron chi connectivity index (χ1n) is 5.39. The van der Waals surface area contributed by atoms with Crippen LogP contribution in [0.3, 0.4) is 0 Å². The van der Waals surface area contributed by atoms with Crippen molar-refractivity contribution in [3.8, 4) is 0 Å². The van der Waals surface area contributed by atoms with Crippen LogP contribution in [0.1, 0.15) is 16.1 Å². The van der Waals surface area contributed by atoms with Gasteiger partial charge in [0.1, 0.15) is 5.69 Å². The van der Waals surface area contributed by atoms with Crippen molar-refractivity contribution < 1.29 is 18.0 Å². The summed E-state index contributed by atoms with van der Waals surface area (Å²) >= 11 is 2.97. The highest BCUT2D eigenvalue weighted by Gasteiger charge is 2.34. The summed E-state index contributed by atoms with van der Waals surface area (Å²) in [4.78, 5) is 14.4. The van der Waals surface area contributed by atoms with Crippen LogP contribution in [0.15, 0.2) is 34.9 Å². The molecule has 4 nitrogen and oxygen atoms in total. The number of aromatic amines is 1. The van der Waals surface area contributed by atoms with Gasteiger partial charge in [0.15, 0.2) is 0 Å². The Morgan fingerprint density at radius 2 is 2.00 bits per heavy atom. The molecule has 0 aliphatic heterocycles. The molecule has 2 rings (SSSR count). The number of H-pyrrole nitrogens is 1. The van der Waals surface area contributed by atoms with E-state index in [9.17, 15) is 18.0 Å². The van der Waals surface area contributed by atoms with Gasteiger partial charge in [0.05, 0.1) is 11.3 Å². The summed E-state index contributed by atoms with van der Waals surface area (Å²) in [5, 5.41) is 2.21.